The summed E-state index contributed by atoms with van der Waals surface area (Å²) in [6.07, 6.45) is 5.65. The molecule has 1 aromatic carbocycles. The van der Waals surface area contributed by atoms with E-state index in [0.717, 1.165) is 37.3 Å². The molecule has 2 heterocycles. The molecule has 1 aromatic rings. The SMILES string of the molecule is CCCC(=O)N1CCC(C(=O)NCc2ccc(CN3CCC(C)CC3)cc2)CC1. The van der Waals surface area contributed by atoms with E-state index in [1.165, 1.54) is 31.5 Å². The van der Waals surface area contributed by atoms with E-state index in [2.05, 4.69) is 41.4 Å². The molecule has 2 amide bonds. The van der Waals surface area contributed by atoms with Crippen LogP contribution in [-0.2, 0) is 22.7 Å². The summed E-state index contributed by atoms with van der Waals surface area (Å²) in [6.45, 7) is 9.78. The molecule has 5 heteroatoms. The average Bonchev–Trinajstić information content (AvgIpc) is 2.75. The first kappa shape index (κ1) is 21.8. The lowest BCUT2D eigenvalue weighted by Gasteiger charge is -2.31. The highest BCUT2D eigenvalue weighted by Gasteiger charge is 2.26. The number of hydrogen-bond acceptors (Lipinski definition) is 3. The minimum atomic E-state index is 0.0291. The number of carbonyl (C=O) groups is 2. The molecular formula is C24H37N3O2. The highest BCUT2D eigenvalue weighted by molar-refractivity contribution is 5.80. The number of carbonyl (C=O) groups excluding carboxylic acids is 2. The van der Waals surface area contributed by atoms with Crippen molar-refractivity contribution >= 4 is 11.8 Å². The van der Waals surface area contributed by atoms with Gasteiger partial charge in [-0.2, -0.15) is 0 Å². The molecule has 29 heavy (non-hydrogen) atoms. The summed E-state index contributed by atoms with van der Waals surface area (Å²) in [7, 11) is 0. The van der Waals surface area contributed by atoms with E-state index < -0.39 is 0 Å². The van der Waals surface area contributed by atoms with Crippen molar-refractivity contribution in [3.05, 3.63) is 35.4 Å². The normalized spacial score (nSPS) is 19.3. The van der Waals surface area contributed by atoms with Gasteiger partial charge in [0.25, 0.3) is 0 Å². The van der Waals surface area contributed by atoms with Gasteiger partial charge in [0.1, 0.15) is 0 Å². The van der Waals surface area contributed by atoms with Crippen molar-refractivity contribution in [2.45, 2.75) is 65.5 Å². The van der Waals surface area contributed by atoms with Crippen LogP contribution in [0.4, 0.5) is 0 Å². The van der Waals surface area contributed by atoms with Crippen LogP contribution in [0.15, 0.2) is 24.3 Å². The van der Waals surface area contributed by atoms with Crippen LogP contribution in [0.2, 0.25) is 0 Å². The molecule has 2 aliphatic rings. The number of benzene rings is 1. The Labute approximate surface area is 175 Å². The smallest absolute Gasteiger partial charge is 0.223 e. The van der Waals surface area contributed by atoms with Crippen LogP contribution in [0.3, 0.4) is 0 Å². The number of amides is 2. The molecule has 0 radical (unpaired) electrons. The summed E-state index contributed by atoms with van der Waals surface area (Å²) < 4.78 is 0. The van der Waals surface area contributed by atoms with Crippen molar-refractivity contribution in [3.63, 3.8) is 0 Å². The highest BCUT2D eigenvalue weighted by Crippen LogP contribution is 2.20. The second-order valence-electron chi connectivity index (χ2n) is 8.90. The number of nitrogens with zero attached hydrogens (tertiary/aromatic N) is 2. The zero-order chi connectivity index (χ0) is 20.6. The van der Waals surface area contributed by atoms with Gasteiger partial charge in [-0.05, 0) is 62.2 Å². The Bertz CT molecular complexity index is 657. The van der Waals surface area contributed by atoms with Gasteiger partial charge in [0, 0.05) is 38.5 Å². The summed E-state index contributed by atoms with van der Waals surface area (Å²) in [5, 5.41) is 3.09. The van der Waals surface area contributed by atoms with Crippen molar-refractivity contribution in [2.75, 3.05) is 26.2 Å². The summed E-state index contributed by atoms with van der Waals surface area (Å²) in [5.74, 6) is 1.24. The zero-order valence-corrected chi connectivity index (χ0v) is 18.2. The number of nitrogens with one attached hydrogen (secondary N) is 1. The first-order valence-corrected chi connectivity index (χ1v) is 11.4. The zero-order valence-electron chi connectivity index (χ0n) is 18.2. The Balaban J connectivity index is 1.38. The molecule has 0 aliphatic carbocycles. The lowest BCUT2D eigenvalue weighted by molar-refractivity contribution is -0.135. The van der Waals surface area contributed by atoms with Gasteiger partial charge in [-0.15, -0.1) is 0 Å². The summed E-state index contributed by atoms with van der Waals surface area (Å²) in [5.41, 5.74) is 2.49. The Morgan fingerprint density at radius 3 is 2.21 bits per heavy atom. The lowest BCUT2D eigenvalue weighted by atomic mass is 9.95. The van der Waals surface area contributed by atoms with Crippen LogP contribution in [0, 0.1) is 11.8 Å². The molecule has 2 fully saturated rings. The minimum Gasteiger partial charge on any atom is -0.352 e. The van der Waals surface area contributed by atoms with E-state index in [-0.39, 0.29) is 17.7 Å². The van der Waals surface area contributed by atoms with E-state index in [4.69, 9.17) is 0 Å². The molecule has 5 nitrogen and oxygen atoms in total. The maximum absolute atomic E-state index is 12.5. The van der Waals surface area contributed by atoms with Gasteiger partial charge in [0.2, 0.25) is 11.8 Å². The van der Waals surface area contributed by atoms with Crippen molar-refractivity contribution < 1.29 is 9.59 Å². The van der Waals surface area contributed by atoms with Gasteiger partial charge in [-0.1, -0.05) is 38.1 Å². The van der Waals surface area contributed by atoms with Gasteiger partial charge in [-0.25, -0.2) is 0 Å². The monoisotopic (exact) mass is 399 g/mol. The third-order valence-electron chi connectivity index (χ3n) is 6.45. The van der Waals surface area contributed by atoms with Crippen LogP contribution in [0.5, 0.6) is 0 Å². The van der Waals surface area contributed by atoms with Crippen LogP contribution in [-0.4, -0.2) is 47.8 Å². The predicted molar refractivity (Wildman–Crippen MR) is 116 cm³/mol. The van der Waals surface area contributed by atoms with E-state index >= 15 is 0 Å². The first-order valence-electron chi connectivity index (χ1n) is 11.4. The Kier molecular flexibility index (Phi) is 8.10. The Morgan fingerprint density at radius 2 is 1.59 bits per heavy atom. The average molecular weight is 400 g/mol. The maximum atomic E-state index is 12.5. The second kappa shape index (κ2) is 10.8. The van der Waals surface area contributed by atoms with Gasteiger partial charge < -0.3 is 10.2 Å². The fourth-order valence-electron chi connectivity index (χ4n) is 4.34. The highest BCUT2D eigenvalue weighted by atomic mass is 16.2. The quantitative estimate of drug-likeness (QED) is 0.763. The van der Waals surface area contributed by atoms with Crippen molar-refractivity contribution in [2.24, 2.45) is 11.8 Å². The molecule has 2 aliphatic heterocycles. The lowest BCUT2D eigenvalue weighted by Crippen LogP contribution is -2.42. The van der Waals surface area contributed by atoms with Crippen molar-refractivity contribution in [1.29, 1.82) is 0 Å². The molecule has 160 valence electrons. The second-order valence-corrected chi connectivity index (χ2v) is 8.90. The topological polar surface area (TPSA) is 52.7 Å². The van der Waals surface area contributed by atoms with E-state index in [1.54, 1.807) is 0 Å². The largest absolute Gasteiger partial charge is 0.352 e. The fourth-order valence-corrected chi connectivity index (χ4v) is 4.34. The van der Waals surface area contributed by atoms with Crippen LogP contribution in [0.1, 0.15) is 63.5 Å². The van der Waals surface area contributed by atoms with Gasteiger partial charge in [-0.3, -0.25) is 14.5 Å². The van der Waals surface area contributed by atoms with E-state index in [0.29, 0.717) is 26.1 Å². The number of piperidine rings is 2. The van der Waals surface area contributed by atoms with Crippen molar-refractivity contribution in [3.8, 4) is 0 Å². The molecule has 0 atom stereocenters. The predicted octanol–water partition coefficient (Wildman–Crippen LogP) is 3.57. The summed E-state index contributed by atoms with van der Waals surface area (Å²) >= 11 is 0. The number of likely N-dealkylation sites (tertiary alicyclic amines) is 2. The Morgan fingerprint density at radius 1 is 0.966 bits per heavy atom. The Hall–Kier alpha value is -1.88. The van der Waals surface area contributed by atoms with Gasteiger partial charge >= 0.3 is 0 Å². The third-order valence-corrected chi connectivity index (χ3v) is 6.45. The molecule has 2 saturated heterocycles. The fraction of sp³-hybridized carbons (Fsp3) is 0.667. The third kappa shape index (κ3) is 6.56. The van der Waals surface area contributed by atoms with Crippen LogP contribution < -0.4 is 5.32 Å². The maximum Gasteiger partial charge on any atom is 0.223 e. The summed E-state index contributed by atoms with van der Waals surface area (Å²) in [6, 6.07) is 8.65. The molecule has 1 N–H and O–H groups in total. The van der Waals surface area contributed by atoms with Crippen LogP contribution >= 0.6 is 0 Å². The number of rotatable bonds is 7. The standard InChI is InChI=1S/C24H37N3O2/c1-3-4-23(28)27-15-11-22(12-16-27)24(29)25-17-20-5-7-21(8-6-20)18-26-13-9-19(2)10-14-26/h5-8,19,22H,3-4,9-18H2,1-2H3,(H,25,29). The van der Waals surface area contributed by atoms with E-state index in [1.807, 2.05) is 11.8 Å². The van der Waals surface area contributed by atoms with Crippen molar-refractivity contribution in [1.82, 2.24) is 15.1 Å². The van der Waals surface area contributed by atoms with Crippen LogP contribution in [0.25, 0.3) is 0 Å². The first-order chi connectivity index (χ1) is 14.0. The minimum absolute atomic E-state index is 0.0291. The number of hydrogen-bond donors (Lipinski definition) is 1. The van der Waals surface area contributed by atoms with Gasteiger partial charge in [0.05, 0.1) is 0 Å². The molecule has 0 saturated carbocycles. The van der Waals surface area contributed by atoms with Gasteiger partial charge in [0.15, 0.2) is 0 Å². The molecule has 0 aromatic heterocycles. The van der Waals surface area contributed by atoms with E-state index in [9.17, 15) is 9.59 Å². The molecule has 3 rings (SSSR count). The molecule has 0 unspecified atom stereocenters. The summed E-state index contributed by atoms with van der Waals surface area (Å²) in [4.78, 5) is 28.9. The molecular weight excluding hydrogens is 362 g/mol. The molecule has 0 spiro atoms. The molecule has 0 bridgehead atoms.